The summed E-state index contributed by atoms with van der Waals surface area (Å²) in [5.74, 6) is -0.485. The van der Waals surface area contributed by atoms with Crippen molar-refractivity contribution < 1.29 is 4.79 Å². The number of hydrogen-bond acceptors (Lipinski definition) is 4. The third-order valence-corrected chi connectivity index (χ3v) is 2.13. The minimum absolute atomic E-state index is 0.0885. The third-order valence-electron chi connectivity index (χ3n) is 2.13. The molecule has 1 heterocycles. The molecule has 1 aromatic rings. The largest absolute Gasteiger partial charge is 0.352 e. The zero-order valence-electron chi connectivity index (χ0n) is 9.87. The molecule has 0 saturated carbocycles. The summed E-state index contributed by atoms with van der Waals surface area (Å²) in [4.78, 5) is 39.8. The number of nitrogens with one attached hydrogen (secondary N) is 3. The summed E-state index contributed by atoms with van der Waals surface area (Å²) in [7, 11) is 3.88. The van der Waals surface area contributed by atoms with Crippen LogP contribution in [0.5, 0.6) is 0 Å². The summed E-state index contributed by atoms with van der Waals surface area (Å²) >= 11 is 0. The summed E-state index contributed by atoms with van der Waals surface area (Å²) in [5.41, 5.74) is -1.40. The predicted molar refractivity (Wildman–Crippen MR) is 63.2 cm³/mol. The lowest BCUT2D eigenvalue weighted by Crippen LogP contribution is -2.34. The van der Waals surface area contributed by atoms with Gasteiger partial charge in [0.15, 0.2) is 0 Å². The Labute approximate surface area is 97.9 Å². The summed E-state index contributed by atoms with van der Waals surface area (Å²) < 4.78 is 0. The number of carbonyl (C=O) groups excluding carboxylic acids is 1. The molecule has 1 rings (SSSR count). The summed E-state index contributed by atoms with van der Waals surface area (Å²) in [6.07, 6.45) is 1.91. The lowest BCUT2D eigenvalue weighted by molar-refractivity contribution is 0.0950. The Hall–Kier alpha value is -1.89. The van der Waals surface area contributed by atoms with Gasteiger partial charge in [-0.15, -0.1) is 0 Å². The number of nitrogens with zero attached hydrogens (tertiary/aromatic N) is 1. The molecule has 1 aromatic heterocycles. The number of aromatic amines is 2. The first kappa shape index (κ1) is 13.2. The number of hydrogen-bond donors (Lipinski definition) is 3. The second-order valence-corrected chi connectivity index (χ2v) is 3.90. The topological polar surface area (TPSA) is 98.1 Å². The SMILES string of the molecule is CN(C)CCCNC(=O)c1c[nH]c(=O)[nH]c1=O. The number of rotatable bonds is 5. The van der Waals surface area contributed by atoms with Crippen LogP contribution in [0.25, 0.3) is 0 Å². The van der Waals surface area contributed by atoms with Crippen molar-refractivity contribution in [2.75, 3.05) is 27.2 Å². The van der Waals surface area contributed by atoms with E-state index in [2.05, 4.69) is 10.3 Å². The molecule has 0 aliphatic carbocycles. The average molecular weight is 240 g/mol. The fourth-order valence-electron chi connectivity index (χ4n) is 1.27. The van der Waals surface area contributed by atoms with Crippen LogP contribution in [0.1, 0.15) is 16.8 Å². The van der Waals surface area contributed by atoms with Crippen LogP contribution in [0.4, 0.5) is 0 Å². The number of carbonyl (C=O) groups is 1. The first-order valence-corrected chi connectivity index (χ1v) is 5.25. The smallest absolute Gasteiger partial charge is 0.325 e. The molecule has 0 aromatic carbocycles. The van der Waals surface area contributed by atoms with Crippen molar-refractivity contribution in [3.8, 4) is 0 Å². The molecule has 0 atom stereocenters. The molecule has 94 valence electrons. The Morgan fingerprint density at radius 1 is 1.41 bits per heavy atom. The number of H-pyrrole nitrogens is 2. The first-order chi connectivity index (χ1) is 8.00. The lowest BCUT2D eigenvalue weighted by atomic mass is 10.3. The van der Waals surface area contributed by atoms with E-state index in [-0.39, 0.29) is 5.56 Å². The molecule has 0 unspecified atom stereocenters. The molecule has 1 amide bonds. The summed E-state index contributed by atoms with van der Waals surface area (Å²) in [6.45, 7) is 1.33. The van der Waals surface area contributed by atoms with E-state index in [1.54, 1.807) is 0 Å². The van der Waals surface area contributed by atoms with Crippen LogP contribution in [0.3, 0.4) is 0 Å². The van der Waals surface area contributed by atoms with Gasteiger partial charge in [0, 0.05) is 12.7 Å². The molecule has 7 heteroatoms. The van der Waals surface area contributed by atoms with E-state index in [9.17, 15) is 14.4 Å². The average Bonchev–Trinajstić information content (AvgIpc) is 2.23. The van der Waals surface area contributed by atoms with Crippen molar-refractivity contribution in [1.29, 1.82) is 0 Å². The van der Waals surface area contributed by atoms with E-state index in [0.29, 0.717) is 6.54 Å². The van der Waals surface area contributed by atoms with Crippen molar-refractivity contribution >= 4 is 5.91 Å². The molecule has 0 fully saturated rings. The standard InChI is InChI=1S/C10H16N4O3/c1-14(2)5-3-4-11-8(15)7-6-12-10(17)13-9(7)16/h6H,3-5H2,1-2H3,(H,11,15)(H2,12,13,16,17). The molecular weight excluding hydrogens is 224 g/mol. The van der Waals surface area contributed by atoms with Gasteiger partial charge in [-0.05, 0) is 27.1 Å². The van der Waals surface area contributed by atoms with Gasteiger partial charge in [0.1, 0.15) is 5.56 Å². The minimum Gasteiger partial charge on any atom is -0.352 e. The van der Waals surface area contributed by atoms with Gasteiger partial charge in [0.2, 0.25) is 0 Å². The molecule has 7 nitrogen and oxygen atoms in total. The van der Waals surface area contributed by atoms with Crippen molar-refractivity contribution in [2.24, 2.45) is 0 Å². The van der Waals surface area contributed by atoms with Gasteiger partial charge in [0.25, 0.3) is 11.5 Å². The Balaban J connectivity index is 2.53. The normalized spacial score (nSPS) is 10.5. The van der Waals surface area contributed by atoms with Crippen LogP contribution >= 0.6 is 0 Å². The highest BCUT2D eigenvalue weighted by atomic mass is 16.2. The lowest BCUT2D eigenvalue weighted by Gasteiger charge is -2.09. The van der Waals surface area contributed by atoms with Gasteiger partial charge in [-0.25, -0.2) is 4.79 Å². The molecule has 17 heavy (non-hydrogen) atoms. The Kier molecular flexibility index (Phi) is 4.65. The summed E-state index contributed by atoms with van der Waals surface area (Å²) in [5, 5.41) is 2.61. The maximum atomic E-state index is 11.6. The molecule has 3 N–H and O–H groups in total. The summed E-state index contributed by atoms with van der Waals surface area (Å²) in [6, 6.07) is 0. The Bertz CT molecular complexity index is 489. The molecule has 0 radical (unpaired) electrons. The fourth-order valence-corrected chi connectivity index (χ4v) is 1.27. The van der Waals surface area contributed by atoms with Crippen molar-refractivity contribution in [2.45, 2.75) is 6.42 Å². The highest BCUT2D eigenvalue weighted by Crippen LogP contribution is 1.86. The molecule has 0 aliphatic rings. The Morgan fingerprint density at radius 2 is 2.12 bits per heavy atom. The van der Waals surface area contributed by atoms with E-state index in [4.69, 9.17) is 0 Å². The second kappa shape index (κ2) is 6.00. The van der Waals surface area contributed by atoms with E-state index >= 15 is 0 Å². The predicted octanol–water partition coefficient (Wildman–Crippen LogP) is -1.26. The molecule has 0 bridgehead atoms. The highest BCUT2D eigenvalue weighted by Gasteiger charge is 2.09. The maximum Gasteiger partial charge on any atom is 0.325 e. The molecule has 0 aliphatic heterocycles. The zero-order chi connectivity index (χ0) is 12.8. The van der Waals surface area contributed by atoms with E-state index in [0.717, 1.165) is 19.2 Å². The fraction of sp³-hybridized carbons (Fsp3) is 0.500. The van der Waals surface area contributed by atoms with E-state index in [1.807, 2.05) is 24.0 Å². The first-order valence-electron chi connectivity index (χ1n) is 5.25. The number of amides is 1. The highest BCUT2D eigenvalue weighted by molar-refractivity contribution is 5.93. The third kappa shape index (κ3) is 4.23. The maximum absolute atomic E-state index is 11.6. The van der Waals surface area contributed by atoms with Crippen molar-refractivity contribution in [1.82, 2.24) is 20.2 Å². The van der Waals surface area contributed by atoms with Crippen LogP contribution in [0, 0.1) is 0 Å². The van der Waals surface area contributed by atoms with Crippen LogP contribution in [0.2, 0.25) is 0 Å². The van der Waals surface area contributed by atoms with Gasteiger partial charge >= 0.3 is 5.69 Å². The monoisotopic (exact) mass is 240 g/mol. The molecule has 0 saturated heterocycles. The quantitative estimate of drug-likeness (QED) is 0.560. The van der Waals surface area contributed by atoms with Crippen molar-refractivity contribution in [3.63, 3.8) is 0 Å². The van der Waals surface area contributed by atoms with Gasteiger partial charge in [0.05, 0.1) is 0 Å². The van der Waals surface area contributed by atoms with Crippen LogP contribution < -0.4 is 16.6 Å². The van der Waals surface area contributed by atoms with Gasteiger partial charge in [-0.1, -0.05) is 0 Å². The zero-order valence-corrected chi connectivity index (χ0v) is 9.87. The van der Waals surface area contributed by atoms with E-state index in [1.165, 1.54) is 0 Å². The van der Waals surface area contributed by atoms with Crippen LogP contribution in [-0.4, -0.2) is 48.0 Å². The van der Waals surface area contributed by atoms with Crippen molar-refractivity contribution in [3.05, 3.63) is 32.6 Å². The van der Waals surface area contributed by atoms with Crippen LogP contribution in [-0.2, 0) is 0 Å². The van der Waals surface area contributed by atoms with Gasteiger partial charge < -0.3 is 15.2 Å². The minimum atomic E-state index is -0.682. The number of aromatic nitrogens is 2. The second-order valence-electron chi connectivity index (χ2n) is 3.90. The molecule has 0 spiro atoms. The van der Waals surface area contributed by atoms with Crippen LogP contribution in [0.15, 0.2) is 15.8 Å². The van der Waals surface area contributed by atoms with Gasteiger partial charge in [-0.2, -0.15) is 0 Å². The Morgan fingerprint density at radius 3 is 2.71 bits per heavy atom. The molecular formula is C10H16N4O3. The van der Waals surface area contributed by atoms with E-state index < -0.39 is 17.2 Å². The van der Waals surface area contributed by atoms with Gasteiger partial charge in [-0.3, -0.25) is 14.6 Å².